The second-order valence-corrected chi connectivity index (χ2v) is 5.57. The van der Waals surface area contributed by atoms with E-state index in [-0.39, 0.29) is 11.9 Å². The third-order valence-electron chi connectivity index (χ3n) is 2.98. The minimum Gasteiger partial charge on any atom is -0.450 e. The van der Waals surface area contributed by atoms with Gasteiger partial charge >= 0.3 is 6.09 Å². The van der Waals surface area contributed by atoms with Crippen molar-refractivity contribution < 1.29 is 14.3 Å². The number of carbonyl (C=O) groups is 2. The molecular weight excluding hydrogens is 282 g/mol. The van der Waals surface area contributed by atoms with Crippen LogP contribution in [0.4, 0.5) is 4.79 Å². The van der Waals surface area contributed by atoms with E-state index in [1.54, 1.807) is 19.1 Å². The van der Waals surface area contributed by atoms with Gasteiger partial charge in [0.25, 0.3) is 5.91 Å². The van der Waals surface area contributed by atoms with Crippen LogP contribution in [0, 0.1) is 12.8 Å². The SMILES string of the molecule is CCOC(=O)N[C@H](CNC(=O)c1cccc(C)n1)CC(C)C. The van der Waals surface area contributed by atoms with Gasteiger partial charge in [0.1, 0.15) is 5.69 Å². The molecule has 0 aromatic carbocycles. The lowest BCUT2D eigenvalue weighted by Gasteiger charge is -2.20. The topological polar surface area (TPSA) is 80.3 Å². The Morgan fingerprint density at radius 2 is 2.05 bits per heavy atom. The fraction of sp³-hybridized carbons (Fsp3) is 0.562. The van der Waals surface area contributed by atoms with E-state index in [1.165, 1.54) is 0 Å². The van der Waals surface area contributed by atoms with Gasteiger partial charge in [0.05, 0.1) is 6.61 Å². The van der Waals surface area contributed by atoms with Crippen LogP contribution in [0.3, 0.4) is 0 Å². The first-order valence-corrected chi connectivity index (χ1v) is 7.57. The summed E-state index contributed by atoms with van der Waals surface area (Å²) in [4.78, 5) is 27.8. The Hall–Kier alpha value is -2.11. The molecule has 2 N–H and O–H groups in total. The van der Waals surface area contributed by atoms with Crippen molar-refractivity contribution in [2.24, 2.45) is 5.92 Å². The zero-order valence-electron chi connectivity index (χ0n) is 13.7. The fourth-order valence-corrected chi connectivity index (χ4v) is 2.08. The predicted molar refractivity (Wildman–Crippen MR) is 84.7 cm³/mol. The van der Waals surface area contributed by atoms with Crippen molar-refractivity contribution in [2.75, 3.05) is 13.2 Å². The van der Waals surface area contributed by atoms with E-state index in [1.807, 2.05) is 13.0 Å². The van der Waals surface area contributed by atoms with Crippen molar-refractivity contribution in [3.05, 3.63) is 29.6 Å². The van der Waals surface area contributed by atoms with Crippen LogP contribution in [-0.4, -0.2) is 36.2 Å². The van der Waals surface area contributed by atoms with Gasteiger partial charge in [-0.2, -0.15) is 0 Å². The molecule has 0 aliphatic carbocycles. The average molecular weight is 307 g/mol. The highest BCUT2D eigenvalue weighted by molar-refractivity contribution is 5.92. The zero-order valence-corrected chi connectivity index (χ0v) is 13.7. The van der Waals surface area contributed by atoms with Crippen LogP contribution in [0.2, 0.25) is 0 Å². The number of nitrogens with one attached hydrogen (secondary N) is 2. The smallest absolute Gasteiger partial charge is 0.407 e. The Morgan fingerprint density at radius 3 is 2.64 bits per heavy atom. The molecule has 1 atom stereocenters. The number of hydrogen-bond acceptors (Lipinski definition) is 4. The van der Waals surface area contributed by atoms with Crippen LogP contribution in [0.5, 0.6) is 0 Å². The van der Waals surface area contributed by atoms with Gasteiger partial charge in [-0.25, -0.2) is 9.78 Å². The van der Waals surface area contributed by atoms with Crippen molar-refractivity contribution in [2.45, 2.75) is 40.2 Å². The molecule has 0 aliphatic rings. The van der Waals surface area contributed by atoms with E-state index in [2.05, 4.69) is 29.5 Å². The van der Waals surface area contributed by atoms with E-state index in [0.29, 0.717) is 24.8 Å². The van der Waals surface area contributed by atoms with Crippen LogP contribution in [0.25, 0.3) is 0 Å². The standard InChI is InChI=1S/C16H25N3O3/c1-5-22-16(21)19-13(9-11(2)3)10-17-15(20)14-8-6-7-12(4)18-14/h6-8,11,13H,5,9-10H2,1-4H3,(H,17,20)(H,19,21)/t13-/m0/s1. The van der Waals surface area contributed by atoms with Crippen LogP contribution in [-0.2, 0) is 4.74 Å². The van der Waals surface area contributed by atoms with Crippen LogP contribution >= 0.6 is 0 Å². The van der Waals surface area contributed by atoms with E-state index >= 15 is 0 Å². The highest BCUT2D eigenvalue weighted by Gasteiger charge is 2.16. The second-order valence-electron chi connectivity index (χ2n) is 5.57. The van der Waals surface area contributed by atoms with Crippen molar-refractivity contribution in [3.8, 4) is 0 Å². The van der Waals surface area contributed by atoms with Crippen molar-refractivity contribution in [3.63, 3.8) is 0 Å². The van der Waals surface area contributed by atoms with Gasteiger partial charge in [-0.15, -0.1) is 0 Å². The molecule has 2 amide bonds. The molecule has 0 aliphatic heterocycles. The predicted octanol–water partition coefficient (Wildman–Crippen LogP) is 2.28. The summed E-state index contributed by atoms with van der Waals surface area (Å²) in [6.07, 6.45) is 0.288. The Bertz CT molecular complexity index is 503. The van der Waals surface area contributed by atoms with Gasteiger partial charge in [-0.1, -0.05) is 19.9 Å². The third kappa shape index (κ3) is 6.56. The molecule has 1 aromatic rings. The first kappa shape index (κ1) is 17.9. The third-order valence-corrected chi connectivity index (χ3v) is 2.98. The summed E-state index contributed by atoms with van der Waals surface area (Å²) in [6, 6.07) is 5.12. The normalized spacial score (nSPS) is 11.9. The number of hydrogen-bond donors (Lipinski definition) is 2. The molecule has 0 saturated heterocycles. The van der Waals surface area contributed by atoms with Gasteiger partial charge in [-0.3, -0.25) is 4.79 Å². The fourth-order valence-electron chi connectivity index (χ4n) is 2.08. The summed E-state index contributed by atoms with van der Waals surface area (Å²) in [5.41, 5.74) is 1.16. The van der Waals surface area contributed by atoms with E-state index in [9.17, 15) is 9.59 Å². The maximum Gasteiger partial charge on any atom is 0.407 e. The molecule has 0 radical (unpaired) electrons. The average Bonchev–Trinajstić information content (AvgIpc) is 2.44. The number of nitrogens with zero attached hydrogens (tertiary/aromatic N) is 1. The van der Waals surface area contributed by atoms with E-state index in [4.69, 9.17) is 4.74 Å². The zero-order chi connectivity index (χ0) is 16.5. The summed E-state index contributed by atoms with van der Waals surface area (Å²) in [7, 11) is 0. The molecule has 1 heterocycles. The van der Waals surface area contributed by atoms with Crippen LogP contribution in [0.1, 0.15) is 43.4 Å². The summed E-state index contributed by atoms with van der Waals surface area (Å²) in [5.74, 6) is 0.143. The van der Waals surface area contributed by atoms with Crippen molar-refractivity contribution >= 4 is 12.0 Å². The van der Waals surface area contributed by atoms with Crippen LogP contribution < -0.4 is 10.6 Å². The molecule has 22 heavy (non-hydrogen) atoms. The van der Waals surface area contributed by atoms with Gasteiger partial charge in [-0.05, 0) is 38.3 Å². The minimum atomic E-state index is -0.462. The quantitative estimate of drug-likeness (QED) is 0.810. The number of amides is 2. The van der Waals surface area contributed by atoms with Crippen molar-refractivity contribution in [1.82, 2.24) is 15.6 Å². The molecule has 1 rings (SSSR count). The molecule has 0 unspecified atom stereocenters. The lowest BCUT2D eigenvalue weighted by Crippen LogP contribution is -2.44. The molecule has 1 aromatic heterocycles. The molecule has 122 valence electrons. The van der Waals surface area contributed by atoms with Gasteiger partial charge in [0, 0.05) is 18.3 Å². The number of pyridine rings is 1. The summed E-state index contributed by atoms with van der Waals surface area (Å²) >= 11 is 0. The Kier molecular flexibility index (Phi) is 7.36. The van der Waals surface area contributed by atoms with E-state index in [0.717, 1.165) is 12.1 Å². The molecular formula is C16H25N3O3. The molecule has 0 bridgehead atoms. The Morgan fingerprint density at radius 1 is 1.32 bits per heavy atom. The Labute approximate surface area is 131 Å². The molecule has 0 saturated carbocycles. The maximum absolute atomic E-state index is 12.1. The monoisotopic (exact) mass is 307 g/mol. The largest absolute Gasteiger partial charge is 0.450 e. The summed E-state index contributed by atoms with van der Waals surface area (Å²) in [5, 5.41) is 5.58. The summed E-state index contributed by atoms with van der Waals surface area (Å²) in [6.45, 7) is 8.36. The van der Waals surface area contributed by atoms with Crippen molar-refractivity contribution in [1.29, 1.82) is 0 Å². The number of rotatable bonds is 7. The van der Waals surface area contributed by atoms with Crippen LogP contribution in [0.15, 0.2) is 18.2 Å². The van der Waals surface area contributed by atoms with Gasteiger partial charge in [0.15, 0.2) is 0 Å². The first-order chi connectivity index (χ1) is 10.4. The highest BCUT2D eigenvalue weighted by Crippen LogP contribution is 2.05. The number of ether oxygens (including phenoxy) is 1. The lowest BCUT2D eigenvalue weighted by atomic mass is 10.0. The molecule has 0 fully saturated rings. The number of carbonyl (C=O) groups excluding carboxylic acids is 2. The maximum atomic E-state index is 12.1. The summed E-state index contributed by atoms with van der Waals surface area (Å²) < 4.78 is 4.89. The molecule has 6 nitrogen and oxygen atoms in total. The number of aryl methyl sites for hydroxylation is 1. The van der Waals surface area contributed by atoms with Gasteiger partial charge < -0.3 is 15.4 Å². The number of aromatic nitrogens is 1. The van der Waals surface area contributed by atoms with Gasteiger partial charge in [0.2, 0.25) is 0 Å². The second kappa shape index (κ2) is 9.02. The Balaban J connectivity index is 2.58. The lowest BCUT2D eigenvalue weighted by molar-refractivity contribution is 0.0939. The molecule has 0 spiro atoms. The minimum absolute atomic E-state index is 0.173. The van der Waals surface area contributed by atoms with E-state index < -0.39 is 6.09 Å². The number of alkyl carbamates (subject to hydrolysis) is 1. The first-order valence-electron chi connectivity index (χ1n) is 7.57. The molecule has 6 heteroatoms. The highest BCUT2D eigenvalue weighted by atomic mass is 16.5.